The lowest BCUT2D eigenvalue weighted by Crippen LogP contribution is -2.51. The summed E-state index contributed by atoms with van der Waals surface area (Å²) in [5.74, 6) is 2.52. The van der Waals surface area contributed by atoms with Crippen molar-refractivity contribution in [2.75, 3.05) is 7.11 Å². The molecule has 0 aliphatic heterocycles. The number of methoxy groups -OCH3 is 1. The Labute approximate surface area is 183 Å². The average molecular weight is 421 g/mol. The lowest BCUT2D eigenvalue weighted by molar-refractivity contribution is -0.141. The van der Waals surface area contributed by atoms with E-state index in [-0.39, 0.29) is 28.8 Å². The highest BCUT2D eigenvalue weighted by Crippen LogP contribution is 2.64. The molecule has 172 valence electrons. The first-order valence-corrected chi connectivity index (χ1v) is 12.4. The van der Waals surface area contributed by atoms with Gasteiger partial charge in [-0.15, -0.1) is 0 Å². The zero-order valence-electron chi connectivity index (χ0n) is 19.9. The Morgan fingerprint density at radius 2 is 1.70 bits per heavy atom. The molecule has 3 fully saturated rings. The van der Waals surface area contributed by atoms with Gasteiger partial charge in [0.05, 0.1) is 13.2 Å². The first-order valence-electron chi connectivity index (χ1n) is 12.4. The van der Waals surface area contributed by atoms with Crippen molar-refractivity contribution in [1.82, 2.24) is 0 Å². The van der Waals surface area contributed by atoms with E-state index in [2.05, 4.69) is 20.8 Å². The van der Waals surface area contributed by atoms with E-state index in [4.69, 9.17) is 4.74 Å². The number of fused-ring (bicyclic) bond motifs is 1. The van der Waals surface area contributed by atoms with E-state index < -0.39 is 0 Å². The molecule has 0 bridgehead atoms. The maximum atomic E-state index is 13.3. The number of aliphatic hydroxyl groups is 1. The van der Waals surface area contributed by atoms with Gasteiger partial charge in [-0.05, 0) is 92.3 Å². The number of carbonyl (C=O) groups excluding carboxylic acids is 2. The normalized spacial score (nSPS) is 42.4. The van der Waals surface area contributed by atoms with Crippen LogP contribution < -0.4 is 0 Å². The molecule has 3 saturated carbocycles. The molecule has 4 nitrogen and oxygen atoms in total. The van der Waals surface area contributed by atoms with Gasteiger partial charge >= 0.3 is 5.97 Å². The van der Waals surface area contributed by atoms with E-state index >= 15 is 0 Å². The molecule has 0 heterocycles. The van der Waals surface area contributed by atoms with Gasteiger partial charge in [0.25, 0.3) is 0 Å². The van der Waals surface area contributed by atoms with Crippen LogP contribution in [0.3, 0.4) is 0 Å². The highest BCUT2D eigenvalue weighted by Gasteiger charge is 2.59. The molecule has 0 spiro atoms. The second-order valence-electron chi connectivity index (χ2n) is 11.3. The molecule has 3 aliphatic carbocycles. The third-order valence-electron chi connectivity index (χ3n) is 9.77. The van der Waals surface area contributed by atoms with Gasteiger partial charge in [0.2, 0.25) is 0 Å². The van der Waals surface area contributed by atoms with Crippen LogP contribution in [0, 0.1) is 40.4 Å². The number of Topliss-reactive ketones (excluding diaryl/α,β-unsaturated/α-hetero) is 1. The Balaban J connectivity index is 1.81. The molecule has 0 aromatic carbocycles. The molecule has 0 aromatic heterocycles. The van der Waals surface area contributed by atoms with Crippen LogP contribution in [-0.4, -0.2) is 30.1 Å². The molecule has 3 aliphatic rings. The molecule has 0 amide bonds. The number of ether oxygens (including phenoxy) is 1. The first kappa shape index (κ1) is 23.8. The summed E-state index contributed by atoms with van der Waals surface area (Å²) < 4.78 is 4.86. The number of hydrogen-bond acceptors (Lipinski definition) is 4. The molecule has 0 radical (unpaired) electrons. The minimum absolute atomic E-state index is 0.114. The van der Waals surface area contributed by atoms with E-state index in [9.17, 15) is 14.7 Å². The predicted octanol–water partition coefficient (Wildman–Crippen LogP) is 5.55. The summed E-state index contributed by atoms with van der Waals surface area (Å²) in [4.78, 5) is 25.0. The summed E-state index contributed by atoms with van der Waals surface area (Å²) >= 11 is 0. The Kier molecular flexibility index (Phi) is 7.37. The Morgan fingerprint density at radius 1 is 1.03 bits per heavy atom. The molecule has 1 N–H and O–H groups in total. The van der Waals surface area contributed by atoms with Gasteiger partial charge in [0.1, 0.15) is 5.78 Å². The smallest absolute Gasteiger partial charge is 0.305 e. The first-order chi connectivity index (χ1) is 14.2. The summed E-state index contributed by atoms with van der Waals surface area (Å²) in [5, 5.41) is 10.1. The van der Waals surface area contributed by atoms with Crippen LogP contribution in [0.4, 0.5) is 0 Å². The standard InChI is InChI=1S/C26H44O4/c1-6-22(28)24-20(25(3)14-11-18(27)12-15-25)13-16-26(4)19(8-9-21(24)26)17(2)7-10-23(29)30-5/h17-21,24,27H,6-16H2,1-5H3/t17-,18?,19-,20?,21?,24-,25?,26-/m1/s1. The molecule has 0 saturated heterocycles. The molecule has 3 rings (SSSR count). The SMILES string of the molecule is CCC(=O)[C@@H]1C(C2(C)CCC(O)CC2)CC[C@@]2(C)C1CC[C@@H]2[C@H](C)CCC(=O)OC. The lowest BCUT2D eigenvalue weighted by atomic mass is 9.49. The van der Waals surface area contributed by atoms with Gasteiger partial charge in [-0.2, -0.15) is 0 Å². The number of esters is 1. The van der Waals surface area contributed by atoms with Gasteiger partial charge in [0.15, 0.2) is 0 Å². The maximum absolute atomic E-state index is 13.3. The largest absolute Gasteiger partial charge is 0.469 e. The van der Waals surface area contributed by atoms with Crippen molar-refractivity contribution in [2.45, 2.75) is 104 Å². The van der Waals surface area contributed by atoms with Gasteiger partial charge < -0.3 is 9.84 Å². The molecule has 0 aromatic rings. The molecule has 2 unspecified atom stereocenters. The van der Waals surface area contributed by atoms with Crippen LogP contribution in [0.25, 0.3) is 0 Å². The van der Waals surface area contributed by atoms with Crippen molar-refractivity contribution in [1.29, 1.82) is 0 Å². The van der Waals surface area contributed by atoms with Gasteiger partial charge in [0, 0.05) is 18.8 Å². The average Bonchev–Trinajstić information content (AvgIpc) is 3.09. The van der Waals surface area contributed by atoms with Gasteiger partial charge in [-0.25, -0.2) is 0 Å². The molecule has 6 atom stereocenters. The van der Waals surface area contributed by atoms with Crippen molar-refractivity contribution < 1.29 is 19.4 Å². The zero-order chi connectivity index (χ0) is 22.1. The number of ketones is 1. The van der Waals surface area contributed by atoms with Crippen molar-refractivity contribution in [2.24, 2.45) is 40.4 Å². The fourth-order valence-corrected chi connectivity index (χ4v) is 7.86. The lowest BCUT2D eigenvalue weighted by Gasteiger charge is -2.55. The Bertz CT molecular complexity index is 621. The van der Waals surface area contributed by atoms with Crippen molar-refractivity contribution in [3.63, 3.8) is 0 Å². The second-order valence-corrected chi connectivity index (χ2v) is 11.3. The van der Waals surface area contributed by atoms with Crippen LogP contribution in [0.1, 0.15) is 98.3 Å². The van der Waals surface area contributed by atoms with Crippen LogP contribution in [0.2, 0.25) is 0 Å². The van der Waals surface area contributed by atoms with E-state index in [0.717, 1.165) is 44.9 Å². The highest BCUT2D eigenvalue weighted by molar-refractivity contribution is 5.81. The van der Waals surface area contributed by atoms with Crippen LogP contribution in [0.5, 0.6) is 0 Å². The molecule has 30 heavy (non-hydrogen) atoms. The minimum atomic E-state index is -0.154. The van der Waals surface area contributed by atoms with Gasteiger partial charge in [-0.1, -0.05) is 27.7 Å². The zero-order valence-corrected chi connectivity index (χ0v) is 19.9. The van der Waals surface area contributed by atoms with Crippen molar-refractivity contribution in [3.05, 3.63) is 0 Å². The highest BCUT2D eigenvalue weighted by atomic mass is 16.5. The Hall–Kier alpha value is -0.900. The summed E-state index contributed by atoms with van der Waals surface area (Å²) in [6, 6.07) is 0. The van der Waals surface area contributed by atoms with E-state index in [0.29, 0.717) is 42.3 Å². The summed E-state index contributed by atoms with van der Waals surface area (Å²) in [5.41, 5.74) is 0.386. The second kappa shape index (κ2) is 9.30. The molecule has 4 heteroatoms. The monoisotopic (exact) mass is 420 g/mol. The van der Waals surface area contributed by atoms with Crippen LogP contribution in [0.15, 0.2) is 0 Å². The maximum Gasteiger partial charge on any atom is 0.305 e. The van der Waals surface area contributed by atoms with Crippen molar-refractivity contribution in [3.8, 4) is 0 Å². The van der Waals surface area contributed by atoms with Crippen LogP contribution in [-0.2, 0) is 14.3 Å². The summed E-state index contributed by atoms with van der Waals surface area (Å²) in [6.07, 6.45) is 10.4. The third-order valence-corrected chi connectivity index (χ3v) is 9.77. The number of rotatable bonds is 7. The summed E-state index contributed by atoms with van der Waals surface area (Å²) in [6.45, 7) is 9.17. The predicted molar refractivity (Wildman–Crippen MR) is 119 cm³/mol. The number of carbonyl (C=O) groups is 2. The quantitative estimate of drug-likeness (QED) is 0.548. The number of hydrogen-bond donors (Lipinski definition) is 1. The van der Waals surface area contributed by atoms with E-state index in [1.54, 1.807) is 0 Å². The van der Waals surface area contributed by atoms with Crippen molar-refractivity contribution >= 4 is 11.8 Å². The fraction of sp³-hybridized carbons (Fsp3) is 0.923. The topological polar surface area (TPSA) is 63.6 Å². The number of aliphatic hydroxyl groups excluding tert-OH is 1. The van der Waals surface area contributed by atoms with Crippen LogP contribution >= 0.6 is 0 Å². The minimum Gasteiger partial charge on any atom is -0.469 e. The van der Waals surface area contributed by atoms with Gasteiger partial charge in [-0.3, -0.25) is 9.59 Å². The molecular formula is C26H44O4. The van der Waals surface area contributed by atoms with E-state index in [1.807, 2.05) is 6.92 Å². The fourth-order valence-electron chi connectivity index (χ4n) is 7.86. The Morgan fingerprint density at radius 3 is 2.30 bits per heavy atom. The van der Waals surface area contributed by atoms with E-state index in [1.165, 1.54) is 20.0 Å². The third kappa shape index (κ3) is 4.36. The molecular weight excluding hydrogens is 376 g/mol. The summed E-state index contributed by atoms with van der Waals surface area (Å²) in [7, 11) is 1.47.